The monoisotopic (exact) mass is 251 g/mol. The van der Waals surface area contributed by atoms with Gasteiger partial charge in [0.05, 0.1) is 0 Å². The summed E-state index contributed by atoms with van der Waals surface area (Å²) in [7, 11) is 0. The van der Waals surface area contributed by atoms with Crippen LogP contribution in [0.15, 0.2) is 42.6 Å². The molecule has 0 saturated heterocycles. The van der Waals surface area contributed by atoms with Crippen molar-refractivity contribution in [2.45, 2.75) is 33.1 Å². The van der Waals surface area contributed by atoms with Gasteiger partial charge in [-0.25, -0.2) is 0 Å². The third-order valence-electron chi connectivity index (χ3n) is 4.34. The van der Waals surface area contributed by atoms with E-state index in [9.17, 15) is 0 Å². The van der Waals surface area contributed by atoms with Crippen molar-refractivity contribution in [1.82, 2.24) is 4.98 Å². The van der Waals surface area contributed by atoms with E-state index in [0.717, 1.165) is 18.3 Å². The van der Waals surface area contributed by atoms with Gasteiger partial charge in [-0.2, -0.15) is 0 Å². The van der Waals surface area contributed by atoms with Crippen molar-refractivity contribution >= 4 is 0 Å². The van der Waals surface area contributed by atoms with E-state index in [1.807, 2.05) is 6.20 Å². The van der Waals surface area contributed by atoms with Gasteiger partial charge in [-0.3, -0.25) is 4.98 Å². The maximum atomic E-state index is 4.69. The lowest BCUT2D eigenvalue weighted by Gasteiger charge is -2.27. The molecule has 1 atom stereocenters. The Morgan fingerprint density at radius 3 is 2.63 bits per heavy atom. The minimum absolute atomic E-state index is 0.772. The van der Waals surface area contributed by atoms with Crippen molar-refractivity contribution in [3.63, 3.8) is 0 Å². The third kappa shape index (κ3) is 2.56. The topological polar surface area (TPSA) is 12.9 Å². The zero-order chi connectivity index (χ0) is 13.2. The first-order valence-corrected chi connectivity index (χ1v) is 7.27. The van der Waals surface area contributed by atoms with E-state index in [-0.39, 0.29) is 0 Å². The van der Waals surface area contributed by atoms with E-state index in [1.54, 1.807) is 0 Å². The van der Waals surface area contributed by atoms with Gasteiger partial charge >= 0.3 is 0 Å². The zero-order valence-electron chi connectivity index (χ0n) is 11.8. The van der Waals surface area contributed by atoms with Crippen molar-refractivity contribution in [3.05, 3.63) is 53.9 Å². The average molecular weight is 251 g/mol. The van der Waals surface area contributed by atoms with Crippen LogP contribution in [0.5, 0.6) is 0 Å². The molecule has 19 heavy (non-hydrogen) atoms. The Kier molecular flexibility index (Phi) is 3.37. The minimum Gasteiger partial charge on any atom is -0.260 e. The van der Waals surface area contributed by atoms with E-state index in [2.05, 4.69) is 55.2 Å². The third-order valence-corrected chi connectivity index (χ3v) is 4.34. The molecular formula is C18H21N. The van der Waals surface area contributed by atoms with Gasteiger partial charge in [-0.05, 0) is 48.3 Å². The van der Waals surface area contributed by atoms with Gasteiger partial charge in [0.25, 0.3) is 0 Å². The summed E-state index contributed by atoms with van der Waals surface area (Å²) in [5.74, 6) is 1.59. The summed E-state index contributed by atoms with van der Waals surface area (Å²) in [5.41, 5.74) is 5.30. The summed E-state index contributed by atoms with van der Waals surface area (Å²) in [6, 6.07) is 12.9. The highest BCUT2D eigenvalue weighted by atomic mass is 14.7. The molecule has 1 unspecified atom stereocenters. The SMILES string of the molecule is CC(C)C1CCc2ncc(-c3ccccc3)cc2C1. The Morgan fingerprint density at radius 2 is 1.89 bits per heavy atom. The fourth-order valence-corrected chi connectivity index (χ4v) is 3.00. The summed E-state index contributed by atoms with van der Waals surface area (Å²) in [5, 5.41) is 0. The van der Waals surface area contributed by atoms with Crippen LogP contribution in [-0.2, 0) is 12.8 Å². The molecule has 3 rings (SSSR count). The van der Waals surface area contributed by atoms with Crippen LogP contribution in [0.1, 0.15) is 31.5 Å². The molecule has 0 amide bonds. The standard InChI is InChI=1S/C18H21N/c1-13(2)15-8-9-18-16(10-15)11-17(12-19-18)14-6-4-3-5-7-14/h3-7,11-13,15H,8-10H2,1-2H3. The largest absolute Gasteiger partial charge is 0.260 e. The zero-order valence-corrected chi connectivity index (χ0v) is 11.8. The first-order chi connectivity index (χ1) is 9.24. The summed E-state index contributed by atoms with van der Waals surface area (Å²) in [4.78, 5) is 4.69. The van der Waals surface area contributed by atoms with E-state index in [4.69, 9.17) is 0 Å². The van der Waals surface area contributed by atoms with E-state index in [0.29, 0.717) is 0 Å². The van der Waals surface area contributed by atoms with Gasteiger partial charge in [0.2, 0.25) is 0 Å². The molecule has 2 aromatic rings. The van der Waals surface area contributed by atoms with Crippen LogP contribution >= 0.6 is 0 Å². The molecule has 1 nitrogen and oxygen atoms in total. The van der Waals surface area contributed by atoms with Gasteiger partial charge in [0, 0.05) is 17.5 Å². The Hall–Kier alpha value is -1.63. The highest BCUT2D eigenvalue weighted by molar-refractivity contribution is 5.63. The first-order valence-electron chi connectivity index (χ1n) is 7.27. The molecule has 1 aromatic heterocycles. The second-order valence-corrected chi connectivity index (χ2v) is 5.94. The van der Waals surface area contributed by atoms with Crippen LogP contribution in [-0.4, -0.2) is 4.98 Å². The number of fused-ring (bicyclic) bond motifs is 1. The van der Waals surface area contributed by atoms with Crippen LogP contribution in [0, 0.1) is 11.8 Å². The van der Waals surface area contributed by atoms with Crippen LogP contribution in [0.2, 0.25) is 0 Å². The minimum atomic E-state index is 0.772. The highest BCUT2D eigenvalue weighted by Gasteiger charge is 2.22. The molecule has 98 valence electrons. The Morgan fingerprint density at radius 1 is 1.11 bits per heavy atom. The lowest BCUT2D eigenvalue weighted by Crippen LogP contribution is -2.19. The first kappa shape index (κ1) is 12.4. The van der Waals surface area contributed by atoms with Crippen LogP contribution in [0.4, 0.5) is 0 Å². The highest BCUT2D eigenvalue weighted by Crippen LogP contribution is 2.31. The summed E-state index contributed by atoms with van der Waals surface area (Å²) < 4.78 is 0. The molecule has 1 aromatic carbocycles. The maximum Gasteiger partial charge on any atom is 0.0436 e. The molecule has 1 heteroatoms. The number of aryl methyl sites for hydroxylation is 1. The van der Waals surface area contributed by atoms with Crippen LogP contribution in [0.25, 0.3) is 11.1 Å². The van der Waals surface area contributed by atoms with Crippen molar-refractivity contribution in [3.8, 4) is 11.1 Å². The van der Waals surface area contributed by atoms with Crippen LogP contribution in [0.3, 0.4) is 0 Å². The van der Waals surface area contributed by atoms with E-state index >= 15 is 0 Å². The van der Waals surface area contributed by atoms with E-state index < -0.39 is 0 Å². The Bertz CT molecular complexity index is 557. The lowest BCUT2D eigenvalue weighted by atomic mass is 9.79. The molecular weight excluding hydrogens is 230 g/mol. The van der Waals surface area contributed by atoms with Gasteiger partial charge in [-0.15, -0.1) is 0 Å². The molecule has 0 N–H and O–H groups in total. The van der Waals surface area contributed by atoms with Crippen molar-refractivity contribution in [2.24, 2.45) is 11.8 Å². The van der Waals surface area contributed by atoms with Gasteiger partial charge in [0.1, 0.15) is 0 Å². The molecule has 0 spiro atoms. The molecule has 1 aliphatic carbocycles. The molecule has 0 radical (unpaired) electrons. The number of nitrogens with zero attached hydrogens (tertiary/aromatic N) is 1. The number of rotatable bonds is 2. The maximum absolute atomic E-state index is 4.69. The molecule has 0 aliphatic heterocycles. The normalized spacial score (nSPS) is 18.4. The second-order valence-electron chi connectivity index (χ2n) is 5.94. The quantitative estimate of drug-likeness (QED) is 0.765. The summed E-state index contributed by atoms with van der Waals surface area (Å²) >= 11 is 0. The van der Waals surface area contributed by atoms with Gasteiger partial charge in [-0.1, -0.05) is 44.2 Å². The predicted molar refractivity (Wildman–Crippen MR) is 80.0 cm³/mol. The fourth-order valence-electron chi connectivity index (χ4n) is 3.00. The second kappa shape index (κ2) is 5.16. The molecule has 0 fully saturated rings. The molecule has 1 heterocycles. The van der Waals surface area contributed by atoms with Gasteiger partial charge in [0.15, 0.2) is 0 Å². The number of pyridine rings is 1. The van der Waals surface area contributed by atoms with Gasteiger partial charge < -0.3 is 0 Å². The van der Waals surface area contributed by atoms with Crippen molar-refractivity contribution in [2.75, 3.05) is 0 Å². The number of hydrogen-bond donors (Lipinski definition) is 0. The van der Waals surface area contributed by atoms with E-state index in [1.165, 1.54) is 35.2 Å². The summed E-state index contributed by atoms with van der Waals surface area (Å²) in [6.07, 6.45) is 5.67. The van der Waals surface area contributed by atoms with Crippen molar-refractivity contribution in [1.29, 1.82) is 0 Å². The predicted octanol–water partition coefficient (Wildman–Crippen LogP) is 4.51. The average Bonchev–Trinajstić information content (AvgIpc) is 2.47. The smallest absolute Gasteiger partial charge is 0.0436 e. The number of aromatic nitrogens is 1. The Balaban J connectivity index is 1.93. The Labute approximate surface area is 115 Å². The molecule has 0 saturated carbocycles. The van der Waals surface area contributed by atoms with Crippen molar-refractivity contribution < 1.29 is 0 Å². The fraction of sp³-hybridized carbons (Fsp3) is 0.389. The molecule has 1 aliphatic rings. The number of benzene rings is 1. The lowest BCUT2D eigenvalue weighted by molar-refractivity contribution is 0.340. The summed E-state index contributed by atoms with van der Waals surface area (Å²) in [6.45, 7) is 4.67. The molecule has 0 bridgehead atoms. The number of hydrogen-bond acceptors (Lipinski definition) is 1. The van der Waals surface area contributed by atoms with Crippen LogP contribution < -0.4 is 0 Å².